The molecule has 3 atom stereocenters. The van der Waals surface area contributed by atoms with Crippen molar-refractivity contribution in [1.82, 2.24) is 0 Å². The Morgan fingerprint density at radius 2 is 2.27 bits per heavy atom. The SMILES string of the molecule is C[C@@H]1COC(=O)[C@@H](C)[C@H]1CI. The Balaban J connectivity index is 2.63. The minimum Gasteiger partial charge on any atom is -0.465 e. The highest BCUT2D eigenvalue weighted by atomic mass is 127. The van der Waals surface area contributed by atoms with Gasteiger partial charge in [0.2, 0.25) is 0 Å². The van der Waals surface area contributed by atoms with E-state index in [4.69, 9.17) is 4.74 Å². The van der Waals surface area contributed by atoms with Crippen LogP contribution >= 0.6 is 22.6 Å². The van der Waals surface area contributed by atoms with Gasteiger partial charge in [0.1, 0.15) is 0 Å². The Morgan fingerprint density at radius 1 is 1.64 bits per heavy atom. The molecule has 0 aromatic rings. The van der Waals surface area contributed by atoms with Gasteiger partial charge in [0.05, 0.1) is 12.5 Å². The maximum atomic E-state index is 11.1. The van der Waals surface area contributed by atoms with E-state index in [-0.39, 0.29) is 11.9 Å². The molecule has 0 spiro atoms. The van der Waals surface area contributed by atoms with Crippen LogP contribution in [0.1, 0.15) is 13.8 Å². The molecule has 0 aromatic heterocycles. The molecule has 1 aliphatic heterocycles. The fraction of sp³-hybridized carbons (Fsp3) is 0.875. The Hall–Kier alpha value is 0.200. The number of rotatable bonds is 1. The van der Waals surface area contributed by atoms with E-state index >= 15 is 0 Å². The van der Waals surface area contributed by atoms with Crippen LogP contribution < -0.4 is 0 Å². The Kier molecular flexibility index (Phi) is 3.16. The molecule has 1 rings (SSSR count). The first-order chi connectivity index (χ1) is 5.16. The molecule has 1 heterocycles. The van der Waals surface area contributed by atoms with Crippen LogP contribution in [0.25, 0.3) is 0 Å². The normalized spacial score (nSPS) is 38.5. The van der Waals surface area contributed by atoms with Gasteiger partial charge in [-0.2, -0.15) is 0 Å². The standard InChI is InChI=1S/C8H13IO2/c1-5-4-11-8(10)6(2)7(5)3-9/h5-7H,3-4H2,1-2H3/t5-,6+,7+/m1/s1. The van der Waals surface area contributed by atoms with Crippen LogP contribution in [0.4, 0.5) is 0 Å². The Morgan fingerprint density at radius 3 is 2.73 bits per heavy atom. The average molecular weight is 268 g/mol. The summed E-state index contributed by atoms with van der Waals surface area (Å²) >= 11 is 2.34. The summed E-state index contributed by atoms with van der Waals surface area (Å²) in [5, 5.41) is 0. The molecular formula is C8H13IO2. The van der Waals surface area contributed by atoms with Gasteiger partial charge in [-0.25, -0.2) is 0 Å². The van der Waals surface area contributed by atoms with Gasteiger partial charge in [-0.1, -0.05) is 36.4 Å². The molecule has 0 unspecified atom stereocenters. The van der Waals surface area contributed by atoms with Crippen molar-refractivity contribution in [3.05, 3.63) is 0 Å². The van der Waals surface area contributed by atoms with Crippen molar-refractivity contribution in [1.29, 1.82) is 0 Å². The van der Waals surface area contributed by atoms with Gasteiger partial charge in [-0.15, -0.1) is 0 Å². The summed E-state index contributed by atoms with van der Waals surface area (Å²) in [6.07, 6.45) is 0. The van der Waals surface area contributed by atoms with E-state index in [1.165, 1.54) is 0 Å². The number of halogens is 1. The van der Waals surface area contributed by atoms with Gasteiger partial charge in [-0.3, -0.25) is 4.79 Å². The Bertz CT molecular complexity index is 158. The number of carbonyl (C=O) groups excluding carboxylic acids is 1. The van der Waals surface area contributed by atoms with Crippen LogP contribution in [0.15, 0.2) is 0 Å². The third kappa shape index (κ3) is 1.86. The minimum atomic E-state index is -0.0234. The largest absolute Gasteiger partial charge is 0.465 e. The molecule has 0 radical (unpaired) electrons. The number of cyclic esters (lactones) is 1. The summed E-state index contributed by atoms with van der Waals surface area (Å²) in [6, 6.07) is 0. The zero-order chi connectivity index (χ0) is 8.43. The fourth-order valence-electron chi connectivity index (χ4n) is 1.42. The first-order valence-corrected chi connectivity index (χ1v) is 5.42. The minimum absolute atomic E-state index is 0.0234. The first-order valence-electron chi connectivity index (χ1n) is 3.89. The topological polar surface area (TPSA) is 26.3 Å². The molecule has 1 saturated heterocycles. The van der Waals surface area contributed by atoms with Crippen molar-refractivity contribution < 1.29 is 9.53 Å². The highest BCUT2D eigenvalue weighted by Gasteiger charge is 2.33. The quantitative estimate of drug-likeness (QED) is 0.412. The number of carbonyl (C=O) groups is 1. The predicted molar refractivity (Wildman–Crippen MR) is 51.7 cm³/mol. The summed E-state index contributed by atoms with van der Waals surface area (Å²) in [5.74, 6) is 1.11. The van der Waals surface area contributed by atoms with Gasteiger partial charge in [0.15, 0.2) is 0 Å². The van der Waals surface area contributed by atoms with Gasteiger partial charge in [0, 0.05) is 4.43 Å². The van der Waals surface area contributed by atoms with Crippen LogP contribution in [-0.4, -0.2) is 17.0 Å². The van der Waals surface area contributed by atoms with E-state index in [1.54, 1.807) is 0 Å². The van der Waals surface area contributed by atoms with Crippen molar-refractivity contribution in [2.75, 3.05) is 11.0 Å². The van der Waals surface area contributed by atoms with Crippen LogP contribution in [0.2, 0.25) is 0 Å². The molecule has 1 fully saturated rings. The molecule has 0 saturated carbocycles. The lowest BCUT2D eigenvalue weighted by Crippen LogP contribution is -2.37. The van der Waals surface area contributed by atoms with Crippen LogP contribution in [0, 0.1) is 17.8 Å². The summed E-state index contributed by atoms with van der Waals surface area (Å²) < 4.78 is 6.04. The summed E-state index contributed by atoms with van der Waals surface area (Å²) in [6.45, 7) is 4.71. The third-order valence-corrected chi connectivity index (χ3v) is 3.43. The molecule has 0 bridgehead atoms. The van der Waals surface area contributed by atoms with E-state index < -0.39 is 0 Å². The molecular weight excluding hydrogens is 255 g/mol. The average Bonchev–Trinajstić information content (AvgIpc) is 1.99. The first kappa shape index (κ1) is 9.29. The van der Waals surface area contributed by atoms with E-state index in [0.717, 1.165) is 4.43 Å². The lowest BCUT2D eigenvalue weighted by molar-refractivity contribution is -0.158. The summed E-state index contributed by atoms with van der Waals surface area (Å²) in [4.78, 5) is 11.1. The van der Waals surface area contributed by atoms with Gasteiger partial charge in [-0.05, 0) is 11.8 Å². The summed E-state index contributed by atoms with van der Waals surface area (Å²) in [7, 11) is 0. The lowest BCUT2D eigenvalue weighted by Gasteiger charge is -2.31. The van der Waals surface area contributed by atoms with Crippen molar-refractivity contribution in [2.24, 2.45) is 17.8 Å². The van der Waals surface area contributed by atoms with Gasteiger partial charge < -0.3 is 4.74 Å². The molecule has 0 amide bonds. The third-order valence-electron chi connectivity index (χ3n) is 2.41. The number of hydrogen-bond donors (Lipinski definition) is 0. The molecule has 3 heteroatoms. The maximum Gasteiger partial charge on any atom is 0.308 e. The number of ether oxygens (including phenoxy) is 1. The molecule has 0 aromatic carbocycles. The van der Waals surface area contributed by atoms with Crippen molar-refractivity contribution in [3.63, 3.8) is 0 Å². The molecule has 0 N–H and O–H groups in total. The maximum absolute atomic E-state index is 11.1. The zero-order valence-corrected chi connectivity index (χ0v) is 9.00. The molecule has 1 aliphatic rings. The molecule has 11 heavy (non-hydrogen) atoms. The predicted octanol–water partition coefficient (Wildman–Crippen LogP) is 1.87. The van der Waals surface area contributed by atoms with Crippen molar-refractivity contribution >= 4 is 28.6 Å². The van der Waals surface area contributed by atoms with Crippen LogP contribution in [-0.2, 0) is 9.53 Å². The number of alkyl halides is 1. The van der Waals surface area contributed by atoms with Crippen LogP contribution in [0.3, 0.4) is 0 Å². The van der Waals surface area contributed by atoms with E-state index in [1.807, 2.05) is 6.92 Å². The van der Waals surface area contributed by atoms with Gasteiger partial charge in [0.25, 0.3) is 0 Å². The fourth-order valence-corrected chi connectivity index (χ4v) is 3.05. The second kappa shape index (κ2) is 3.74. The summed E-state index contributed by atoms with van der Waals surface area (Å²) in [5.41, 5.74) is 0. The molecule has 64 valence electrons. The highest BCUT2D eigenvalue weighted by Crippen LogP contribution is 2.28. The van der Waals surface area contributed by atoms with Crippen molar-refractivity contribution in [3.8, 4) is 0 Å². The second-order valence-corrected chi connectivity index (χ2v) is 4.09. The highest BCUT2D eigenvalue weighted by molar-refractivity contribution is 14.1. The smallest absolute Gasteiger partial charge is 0.308 e. The van der Waals surface area contributed by atoms with Crippen LogP contribution in [0.5, 0.6) is 0 Å². The van der Waals surface area contributed by atoms with E-state index in [0.29, 0.717) is 18.4 Å². The van der Waals surface area contributed by atoms with E-state index in [9.17, 15) is 4.79 Å². The monoisotopic (exact) mass is 268 g/mol. The lowest BCUT2D eigenvalue weighted by atomic mass is 9.84. The molecule has 2 nitrogen and oxygen atoms in total. The second-order valence-electron chi connectivity index (χ2n) is 3.21. The van der Waals surface area contributed by atoms with Gasteiger partial charge >= 0.3 is 5.97 Å². The van der Waals surface area contributed by atoms with E-state index in [2.05, 4.69) is 29.5 Å². The zero-order valence-electron chi connectivity index (χ0n) is 6.84. The Labute approximate surface area is 80.8 Å². The number of hydrogen-bond acceptors (Lipinski definition) is 2. The van der Waals surface area contributed by atoms with Crippen molar-refractivity contribution in [2.45, 2.75) is 13.8 Å². The number of esters is 1. The molecule has 0 aliphatic carbocycles.